The normalized spacial score (nSPS) is 11.4. The molecule has 0 heterocycles. The van der Waals surface area contributed by atoms with Gasteiger partial charge in [-0.25, -0.2) is 0 Å². The Kier molecular flexibility index (Phi) is 7.55. The second-order valence-electron chi connectivity index (χ2n) is 13.7. The van der Waals surface area contributed by atoms with E-state index in [0.29, 0.717) is 0 Å². The maximum absolute atomic E-state index is 2.48. The van der Waals surface area contributed by atoms with Crippen LogP contribution in [0.25, 0.3) is 76.5 Å². The standard InChI is InChI=1S/C52H35N/c1-2-13-36(14-3-1)39-29-31-45(32-30-39)53(51-35-42-19-8-9-20-46(42)48-21-10-11-22-49(48)51)50-24-12-23-47(43-27-25-37-15-4-6-17-40(37)33-43)52(50)44-28-26-38-16-5-7-18-41(38)34-44/h1-35H. The van der Waals surface area contributed by atoms with E-state index in [1.54, 1.807) is 0 Å². The third-order valence-corrected chi connectivity index (χ3v) is 10.6. The molecule has 53 heavy (non-hydrogen) atoms. The summed E-state index contributed by atoms with van der Waals surface area (Å²) < 4.78 is 0. The lowest BCUT2D eigenvalue weighted by Gasteiger charge is -2.31. The molecule has 0 amide bonds. The summed E-state index contributed by atoms with van der Waals surface area (Å²) in [5, 5.41) is 9.84. The van der Waals surface area contributed by atoms with Crippen LogP contribution in [-0.4, -0.2) is 0 Å². The summed E-state index contributed by atoms with van der Waals surface area (Å²) in [6.07, 6.45) is 0. The Bertz CT molecular complexity index is 2940. The Morgan fingerprint density at radius 3 is 1.51 bits per heavy atom. The van der Waals surface area contributed by atoms with Crippen LogP contribution in [0.15, 0.2) is 212 Å². The summed E-state index contributed by atoms with van der Waals surface area (Å²) in [6, 6.07) is 77.5. The summed E-state index contributed by atoms with van der Waals surface area (Å²) in [5.74, 6) is 0. The van der Waals surface area contributed by atoms with E-state index < -0.39 is 0 Å². The number of anilines is 3. The maximum atomic E-state index is 2.48. The van der Waals surface area contributed by atoms with Crippen LogP contribution < -0.4 is 4.90 Å². The number of hydrogen-bond donors (Lipinski definition) is 0. The van der Waals surface area contributed by atoms with Crippen molar-refractivity contribution in [1.29, 1.82) is 0 Å². The van der Waals surface area contributed by atoms with E-state index in [2.05, 4.69) is 217 Å². The van der Waals surface area contributed by atoms with E-state index in [1.807, 2.05) is 0 Å². The van der Waals surface area contributed by atoms with E-state index in [1.165, 1.54) is 76.5 Å². The number of hydrogen-bond acceptors (Lipinski definition) is 1. The fourth-order valence-electron chi connectivity index (χ4n) is 8.03. The molecule has 0 bridgehead atoms. The first-order chi connectivity index (χ1) is 26.3. The van der Waals surface area contributed by atoms with E-state index in [-0.39, 0.29) is 0 Å². The first kappa shape index (κ1) is 30.8. The van der Waals surface area contributed by atoms with Crippen molar-refractivity contribution in [3.8, 4) is 33.4 Å². The van der Waals surface area contributed by atoms with Crippen LogP contribution in [-0.2, 0) is 0 Å². The predicted octanol–water partition coefficient (Wildman–Crippen LogP) is 14.8. The van der Waals surface area contributed by atoms with Gasteiger partial charge >= 0.3 is 0 Å². The zero-order valence-corrected chi connectivity index (χ0v) is 29.2. The van der Waals surface area contributed by atoms with Crippen LogP contribution in [0.4, 0.5) is 17.1 Å². The molecule has 10 aromatic carbocycles. The molecule has 0 aliphatic carbocycles. The highest BCUT2D eigenvalue weighted by Gasteiger charge is 2.23. The largest absolute Gasteiger partial charge is 0.309 e. The van der Waals surface area contributed by atoms with Gasteiger partial charge in [0.2, 0.25) is 0 Å². The minimum Gasteiger partial charge on any atom is -0.309 e. The van der Waals surface area contributed by atoms with E-state index in [9.17, 15) is 0 Å². The molecule has 0 radical (unpaired) electrons. The van der Waals surface area contributed by atoms with Gasteiger partial charge in [0, 0.05) is 16.6 Å². The smallest absolute Gasteiger partial charge is 0.0546 e. The van der Waals surface area contributed by atoms with Crippen LogP contribution in [0.1, 0.15) is 0 Å². The first-order valence-corrected chi connectivity index (χ1v) is 18.3. The highest BCUT2D eigenvalue weighted by Crippen LogP contribution is 2.49. The van der Waals surface area contributed by atoms with Gasteiger partial charge in [0.1, 0.15) is 0 Å². The second-order valence-corrected chi connectivity index (χ2v) is 13.7. The number of fused-ring (bicyclic) bond motifs is 5. The number of benzene rings is 10. The molecule has 10 rings (SSSR count). The molecule has 0 saturated carbocycles. The summed E-state index contributed by atoms with van der Waals surface area (Å²) in [5.41, 5.74) is 10.5. The summed E-state index contributed by atoms with van der Waals surface area (Å²) >= 11 is 0. The van der Waals surface area contributed by atoms with Crippen LogP contribution in [0.2, 0.25) is 0 Å². The van der Waals surface area contributed by atoms with Crippen LogP contribution in [0.5, 0.6) is 0 Å². The lowest BCUT2D eigenvalue weighted by molar-refractivity contribution is 1.30. The van der Waals surface area contributed by atoms with Crippen molar-refractivity contribution in [2.45, 2.75) is 0 Å². The quantitative estimate of drug-likeness (QED) is 0.159. The second kappa shape index (κ2) is 13.0. The van der Waals surface area contributed by atoms with Gasteiger partial charge in [-0.2, -0.15) is 0 Å². The average molecular weight is 674 g/mol. The lowest BCUT2D eigenvalue weighted by atomic mass is 9.89. The molecule has 0 N–H and O–H groups in total. The van der Waals surface area contributed by atoms with Gasteiger partial charge in [0.15, 0.2) is 0 Å². The Hall–Kier alpha value is -6.96. The maximum Gasteiger partial charge on any atom is 0.0546 e. The van der Waals surface area contributed by atoms with E-state index >= 15 is 0 Å². The average Bonchev–Trinajstić information content (AvgIpc) is 3.24. The summed E-state index contributed by atoms with van der Waals surface area (Å²) in [6.45, 7) is 0. The van der Waals surface area contributed by atoms with Crippen LogP contribution >= 0.6 is 0 Å². The Morgan fingerprint density at radius 2 is 0.792 bits per heavy atom. The zero-order chi connectivity index (χ0) is 35.1. The fourth-order valence-corrected chi connectivity index (χ4v) is 8.03. The number of nitrogens with zero attached hydrogens (tertiary/aromatic N) is 1. The molecule has 10 aromatic rings. The molecule has 0 unspecified atom stereocenters. The highest BCUT2D eigenvalue weighted by molar-refractivity contribution is 6.15. The molecule has 0 fully saturated rings. The van der Waals surface area contributed by atoms with Crippen molar-refractivity contribution in [3.05, 3.63) is 212 Å². The molecular formula is C52H35N. The molecule has 0 aliphatic heterocycles. The monoisotopic (exact) mass is 673 g/mol. The zero-order valence-electron chi connectivity index (χ0n) is 29.2. The van der Waals surface area contributed by atoms with Gasteiger partial charge < -0.3 is 4.90 Å². The van der Waals surface area contributed by atoms with Crippen molar-refractivity contribution in [2.75, 3.05) is 4.90 Å². The predicted molar refractivity (Wildman–Crippen MR) is 227 cm³/mol. The van der Waals surface area contributed by atoms with Gasteiger partial charge in [-0.1, -0.05) is 176 Å². The van der Waals surface area contributed by atoms with Crippen molar-refractivity contribution < 1.29 is 0 Å². The molecule has 1 nitrogen and oxygen atoms in total. The first-order valence-electron chi connectivity index (χ1n) is 18.3. The summed E-state index contributed by atoms with van der Waals surface area (Å²) in [7, 11) is 0. The van der Waals surface area contributed by atoms with Crippen LogP contribution in [0.3, 0.4) is 0 Å². The van der Waals surface area contributed by atoms with Crippen molar-refractivity contribution in [1.82, 2.24) is 0 Å². The van der Waals surface area contributed by atoms with Gasteiger partial charge in [0.25, 0.3) is 0 Å². The van der Waals surface area contributed by atoms with Gasteiger partial charge in [-0.15, -0.1) is 0 Å². The molecule has 0 saturated heterocycles. The number of rotatable bonds is 6. The molecule has 0 spiro atoms. The van der Waals surface area contributed by atoms with Crippen molar-refractivity contribution in [3.63, 3.8) is 0 Å². The lowest BCUT2D eigenvalue weighted by Crippen LogP contribution is -2.12. The van der Waals surface area contributed by atoms with Crippen LogP contribution in [0, 0.1) is 0 Å². The van der Waals surface area contributed by atoms with Gasteiger partial charge in [0.05, 0.1) is 11.4 Å². The molecule has 0 aromatic heterocycles. The summed E-state index contributed by atoms with van der Waals surface area (Å²) in [4.78, 5) is 2.48. The van der Waals surface area contributed by atoms with Crippen molar-refractivity contribution in [2.24, 2.45) is 0 Å². The molecule has 0 aliphatic rings. The SMILES string of the molecule is c1ccc(-c2ccc(N(c3cccc(-c4ccc5ccccc5c4)c3-c3ccc4ccccc4c3)c3cc4ccccc4c4ccccc34)cc2)cc1. The molecule has 248 valence electrons. The third kappa shape index (κ3) is 5.51. The minimum absolute atomic E-state index is 1.10. The Balaban J connectivity index is 1.29. The minimum atomic E-state index is 1.10. The molecule has 0 atom stereocenters. The topological polar surface area (TPSA) is 3.24 Å². The van der Waals surface area contributed by atoms with E-state index in [4.69, 9.17) is 0 Å². The third-order valence-electron chi connectivity index (χ3n) is 10.6. The molecule has 1 heteroatoms. The van der Waals surface area contributed by atoms with Gasteiger partial charge in [-0.05, 0) is 102 Å². The fraction of sp³-hybridized carbons (Fsp3) is 0. The van der Waals surface area contributed by atoms with E-state index in [0.717, 1.165) is 17.1 Å². The van der Waals surface area contributed by atoms with Crippen molar-refractivity contribution >= 4 is 60.2 Å². The Labute approximate surface area is 309 Å². The highest BCUT2D eigenvalue weighted by atomic mass is 15.1. The molecular weight excluding hydrogens is 639 g/mol. The van der Waals surface area contributed by atoms with Gasteiger partial charge in [-0.3, -0.25) is 0 Å². The Morgan fingerprint density at radius 1 is 0.264 bits per heavy atom.